The van der Waals surface area contributed by atoms with E-state index in [4.69, 9.17) is 0 Å². The van der Waals surface area contributed by atoms with Gasteiger partial charge in [0.25, 0.3) is 5.91 Å². The van der Waals surface area contributed by atoms with E-state index in [2.05, 4.69) is 20.9 Å². The van der Waals surface area contributed by atoms with E-state index in [1.807, 2.05) is 37.3 Å². The van der Waals surface area contributed by atoms with Crippen LogP contribution in [0.3, 0.4) is 0 Å². The fraction of sp³-hybridized carbons (Fsp3) is 0.381. The molecular formula is C21H24N4O3. The maximum absolute atomic E-state index is 12.4. The number of nitrogens with zero attached hydrogens (tertiary/aromatic N) is 1. The number of carbonyl (C=O) groups is 2. The standard InChI is InChI=1S/C21H24N4O3/c1-13-5-7-14(8-6-13)17-16(4-3-11-22-17)20(2,28)23-12-21(15-9-10-15)18(26)24-19(27)25-21/h3-8,11,15,23,28H,9-10,12H2,1-2H3,(H2,24,25,26,27)/t20?,21-/m0/s1. The Morgan fingerprint density at radius 2 is 1.96 bits per heavy atom. The monoisotopic (exact) mass is 380 g/mol. The first-order chi connectivity index (χ1) is 13.3. The summed E-state index contributed by atoms with van der Waals surface area (Å²) in [7, 11) is 0. The molecule has 3 amide bonds. The molecule has 2 heterocycles. The van der Waals surface area contributed by atoms with E-state index in [9.17, 15) is 14.7 Å². The second-order valence-electron chi connectivity index (χ2n) is 7.85. The molecule has 2 aromatic rings. The number of urea groups is 1. The Bertz CT molecular complexity index is 922. The summed E-state index contributed by atoms with van der Waals surface area (Å²) in [4.78, 5) is 28.6. The fourth-order valence-corrected chi connectivity index (χ4v) is 3.78. The molecule has 4 N–H and O–H groups in total. The van der Waals surface area contributed by atoms with Gasteiger partial charge in [0.1, 0.15) is 11.3 Å². The van der Waals surface area contributed by atoms with Crippen LogP contribution in [0.5, 0.6) is 0 Å². The molecule has 2 fully saturated rings. The van der Waals surface area contributed by atoms with E-state index in [0.717, 1.165) is 24.0 Å². The van der Waals surface area contributed by atoms with Crippen molar-refractivity contribution in [3.05, 3.63) is 53.7 Å². The van der Waals surface area contributed by atoms with Crippen LogP contribution in [0, 0.1) is 12.8 Å². The number of carbonyl (C=O) groups excluding carboxylic acids is 2. The third kappa shape index (κ3) is 3.27. The van der Waals surface area contributed by atoms with Crippen LogP contribution in [0.4, 0.5) is 4.79 Å². The van der Waals surface area contributed by atoms with Gasteiger partial charge in [-0.05, 0) is 38.7 Å². The largest absolute Gasteiger partial charge is 0.372 e. The van der Waals surface area contributed by atoms with Crippen LogP contribution in [0.15, 0.2) is 42.6 Å². The Morgan fingerprint density at radius 3 is 2.57 bits per heavy atom. The van der Waals surface area contributed by atoms with E-state index in [1.54, 1.807) is 19.2 Å². The summed E-state index contributed by atoms with van der Waals surface area (Å²) in [5, 5.41) is 19.4. The summed E-state index contributed by atoms with van der Waals surface area (Å²) < 4.78 is 0. The molecule has 1 aliphatic heterocycles. The van der Waals surface area contributed by atoms with Gasteiger partial charge in [0.15, 0.2) is 0 Å². The number of rotatable bonds is 6. The van der Waals surface area contributed by atoms with Gasteiger partial charge in [-0.15, -0.1) is 0 Å². The van der Waals surface area contributed by atoms with E-state index in [0.29, 0.717) is 11.3 Å². The van der Waals surface area contributed by atoms with E-state index < -0.39 is 17.3 Å². The molecule has 2 aliphatic rings. The van der Waals surface area contributed by atoms with Gasteiger partial charge in [-0.2, -0.15) is 0 Å². The lowest BCUT2D eigenvalue weighted by Gasteiger charge is -2.33. The van der Waals surface area contributed by atoms with E-state index >= 15 is 0 Å². The normalized spacial score (nSPS) is 23.8. The molecule has 1 aromatic carbocycles. The van der Waals surface area contributed by atoms with Crippen molar-refractivity contribution in [1.29, 1.82) is 0 Å². The Kier molecular flexibility index (Phi) is 4.44. The Labute approximate surface area is 163 Å². The summed E-state index contributed by atoms with van der Waals surface area (Å²) in [6.07, 6.45) is 3.43. The van der Waals surface area contributed by atoms with Crippen molar-refractivity contribution in [2.75, 3.05) is 6.54 Å². The molecule has 2 atom stereocenters. The lowest BCUT2D eigenvalue weighted by Crippen LogP contribution is -2.59. The lowest BCUT2D eigenvalue weighted by atomic mass is 9.91. The number of hydrogen-bond acceptors (Lipinski definition) is 5. The Hall–Kier alpha value is -2.77. The van der Waals surface area contributed by atoms with Gasteiger partial charge in [0.2, 0.25) is 0 Å². The highest BCUT2D eigenvalue weighted by atomic mass is 16.3. The summed E-state index contributed by atoms with van der Waals surface area (Å²) in [6, 6.07) is 11.0. The first-order valence-electron chi connectivity index (χ1n) is 9.45. The number of aliphatic hydroxyl groups is 1. The first kappa shape index (κ1) is 18.6. The third-order valence-corrected chi connectivity index (χ3v) is 5.61. The Morgan fingerprint density at radius 1 is 1.25 bits per heavy atom. The molecule has 1 saturated heterocycles. The van der Waals surface area contributed by atoms with Crippen molar-refractivity contribution in [1.82, 2.24) is 20.9 Å². The fourth-order valence-electron chi connectivity index (χ4n) is 3.78. The molecule has 1 unspecified atom stereocenters. The number of amides is 3. The van der Waals surface area contributed by atoms with Crippen molar-refractivity contribution in [3.63, 3.8) is 0 Å². The maximum atomic E-state index is 12.4. The zero-order valence-electron chi connectivity index (χ0n) is 16.0. The molecule has 0 spiro atoms. The second-order valence-corrected chi connectivity index (χ2v) is 7.85. The van der Waals surface area contributed by atoms with Crippen molar-refractivity contribution in [3.8, 4) is 11.3 Å². The predicted molar refractivity (Wildman–Crippen MR) is 104 cm³/mol. The number of aromatic nitrogens is 1. The van der Waals surface area contributed by atoms with E-state index in [-0.39, 0.29) is 18.4 Å². The zero-order chi connectivity index (χ0) is 19.9. The molecule has 4 rings (SSSR count). The summed E-state index contributed by atoms with van der Waals surface area (Å²) in [5.41, 5.74) is 0.847. The van der Waals surface area contributed by atoms with Crippen molar-refractivity contribution in [2.24, 2.45) is 5.92 Å². The van der Waals surface area contributed by atoms with Crippen LogP contribution < -0.4 is 16.0 Å². The van der Waals surface area contributed by atoms with E-state index in [1.165, 1.54) is 0 Å². The quantitative estimate of drug-likeness (QED) is 0.452. The van der Waals surface area contributed by atoms with Crippen LogP contribution in [0.2, 0.25) is 0 Å². The zero-order valence-corrected chi connectivity index (χ0v) is 16.0. The van der Waals surface area contributed by atoms with Gasteiger partial charge in [-0.3, -0.25) is 20.4 Å². The molecule has 28 heavy (non-hydrogen) atoms. The highest BCUT2D eigenvalue weighted by Gasteiger charge is 2.56. The van der Waals surface area contributed by atoms with Crippen LogP contribution in [0.25, 0.3) is 11.3 Å². The average molecular weight is 380 g/mol. The summed E-state index contributed by atoms with van der Waals surface area (Å²) >= 11 is 0. The van der Waals surface area contributed by atoms with Crippen molar-refractivity contribution in [2.45, 2.75) is 38.0 Å². The number of hydrogen-bond donors (Lipinski definition) is 4. The number of aryl methyl sites for hydroxylation is 1. The smallest absolute Gasteiger partial charge is 0.322 e. The minimum absolute atomic E-state index is 0.0766. The van der Waals surface area contributed by atoms with Gasteiger partial charge < -0.3 is 10.4 Å². The SMILES string of the molecule is Cc1ccc(-c2ncccc2C(C)(O)NC[C@@]2(C3CC3)NC(=O)NC2=O)cc1. The number of benzene rings is 1. The molecule has 1 aromatic heterocycles. The lowest BCUT2D eigenvalue weighted by molar-refractivity contribution is -0.125. The Balaban J connectivity index is 1.61. The average Bonchev–Trinajstić information content (AvgIpc) is 3.47. The summed E-state index contributed by atoms with van der Waals surface area (Å²) in [5.74, 6) is -0.263. The van der Waals surface area contributed by atoms with Gasteiger partial charge >= 0.3 is 6.03 Å². The molecule has 0 bridgehead atoms. The minimum atomic E-state index is -1.44. The van der Waals surface area contributed by atoms with Gasteiger partial charge in [0, 0.05) is 23.9 Å². The molecule has 1 saturated carbocycles. The minimum Gasteiger partial charge on any atom is -0.372 e. The van der Waals surface area contributed by atoms with Crippen molar-refractivity contribution < 1.29 is 14.7 Å². The topological polar surface area (TPSA) is 103 Å². The van der Waals surface area contributed by atoms with Crippen LogP contribution in [-0.4, -0.2) is 34.1 Å². The molecule has 7 heteroatoms. The third-order valence-electron chi connectivity index (χ3n) is 5.61. The second kappa shape index (κ2) is 6.68. The van der Waals surface area contributed by atoms with Crippen LogP contribution in [-0.2, 0) is 10.5 Å². The molecule has 7 nitrogen and oxygen atoms in total. The van der Waals surface area contributed by atoms with Gasteiger partial charge in [-0.1, -0.05) is 35.9 Å². The number of imide groups is 1. The molecular weight excluding hydrogens is 356 g/mol. The summed E-state index contributed by atoms with van der Waals surface area (Å²) in [6.45, 7) is 3.78. The van der Waals surface area contributed by atoms with Gasteiger partial charge in [-0.25, -0.2) is 4.79 Å². The number of nitrogens with one attached hydrogen (secondary N) is 3. The van der Waals surface area contributed by atoms with Crippen LogP contribution >= 0.6 is 0 Å². The number of pyridine rings is 1. The molecule has 146 valence electrons. The first-order valence-corrected chi connectivity index (χ1v) is 9.45. The highest BCUT2D eigenvalue weighted by Crippen LogP contribution is 2.41. The molecule has 1 aliphatic carbocycles. The van der Waals surface area contributed by atoms with Gasteiger partial charge in [0.05, 0.1) is 5.69 Å². The maximum Gasteiger partial charge on any atom is 0.322 e. The predicted octanol–water partition coefficient (Wildman–Crippen LogP) is 1.80. The van der Waals surface area contributed by atoms with Crippen LogP contribution in [0.1, 0.15) is 30.9 Å². The highest BCUT2D eigenvalue weighted by molar-refractivity contribution is 6.07. The molecule has 0 radical (unpaired) electrons. The van der Waals surface area contributed by atoms with Crippen molar-refractivity contribution >= 4 is 11.9 Å².